The Labute approximate surface area is 119 Å². The van der Waals surface area contributed by atoms with Crippen molar-refractivity contribution < 1.29 is 21.6 Å². The average molecular weight is 332 g/mol. The first kappa shape index (κ1) is 17.0. The van der Waals surface area contributed by atoms with E-state index < -0.39 is 22.6 Å². The molecule has 0 aromatic carbocycles. The third kappa shape index (κ3) is 4.21. The lowest BCUT2D eigenvalue weighted by Gasteiger charge is -2.13. The van der Waals surface area contributed by atoms with Crippen LogP contribution in [-0.4, -0.2) is 43.9 Å². The minimum Gasteiger partial charge on any atom is -0.382 e. The summed E-state index contributed by atoms with van der Waals surface area (Å²) in [6.07, 6.45) is -5.33. The zero-order valence-corrected chi connectivity index (χ0v) is 12.5. The fourth-order valence-corrected chi connectivity index (χ4v) is 3.43. The molecule has 0 unspecified atom stereocenters. The molecule has 0 fully saturated rings. The van der Waals surface area contributed by atoms with Gasteiger partial charge in [0.25, 0.3) is 0 Å². The van der Waals surface area contributed by atoms with Gasteiger partial charge in [-0.15, -0.1) is 0 Å². The van der Waals surface area contributed by atoms with E-state index in [4.69, 9.17) is 5.73 Å². The molecular formula is C9H15F3N4O2S2. The molecular weight excluding hydrogens is 317 g/mol. The summed E-state index contributed by atoms with van der Waals surface area (Å²) in [5, 5.41) is 2.79. The van der Waals surface area contributed by atoms with E-state index >= 15 is 0 Å². The van der Waals surface area contributed by atoms with E-state index in [0.717, 1.165) is 15.8 Å². The Bertz CT molecular complexity index is 554. The van der Waals surface area contributed by atoms with Crippen molar-refractivity contribution >= 4 is 32.4 Å². The Morgan fingerprint density at radius 1 is 1.40 bits per heavy atom. The standard InChI is InChI=1S/C9H15F3N4O2S2/c1-16(2)20(17,18)6-7(13)15-19-8(6)14-5-3-4-9(10,11)12/h14H,3-5H2,1-2H3,(H2,13,15). The average Bonchev–Trinajstić information content (AvgIpc) is 2.65. The quantitative estimate of drug-likeness (QED) is 0.775. The zero-order valence-electron chi connectivity index (χ0n) is 10.9. The van der Waals surface area contributed by atoms with Gasteiger partial charge in [-0.2, -0.15) is 17.5 Å². The maximum Gasteiger partial charge on any atom is 0.389 e. The largest absolute Gasteiger partial charge is 0.389 e. The zero-order chi connectivity index (χ0) is 15.6. The van der Waals surface area contributed by atoms with Crippen LogP contribution in [0.1, 0.15) is 12.8 Å². The lowest BCUT2D eigenvalue weighted by molar-refractivity contribution is -0.134. The SMILES string of the molecule is CN(C)S(=O)(=O)c1c(N)nsc1NCCCC(F)(F)F. The van der Waals surface area contributed by atoms with Gasteiger partial charge in [0.15, 0.2) is 10.7 Å². The summed E-state index contributed by atoms with van der Waals surface area (Å²) in [6.45, 7) is -0.0168. The number of hydrogen-bond donors (Lipinski definition) is 2. The van der Waals surface area contributed by atoms with Crippen LogP contribution in [0.4, 0.5) is 24.0 Å². The van der Waals surface area contributed by atoms with Crippen molar-refractivity contribution in [2.24, 2.45) is 0 Å². The molecule has 0 atom stereocenters. The van der Waals surface area contributed by atoms with Gasteiger partial charge < -0.3 is 11.1 Å². The highest BCUT2D eigenvalue weighted by atomic mass is 32.2. The van der Waals surface area contributed by atoms with Crippen molar-refractivity contribution in [1.29, 1.82) is 0 Å². The number of halogens is 3. The predicted molar refractivity (Wildman–Crippen MR) is 71.2 cm³/mol. The molecule has 0 spiro atoms. The summed E-state index contributed by atoms with van der Waals surface area (Å²) in [5.41, 5.74) is 5.51. The summed E-state index contributed by atoms with van der Waals surface area (Å²) in [4.78, 5) is -0.195. The van der Waals surface area contributed by atoms with Gasteiger partial charge in [-0.05, 0) is 18.0 Å². The number of hydrogen-bond acceptors (Lipinski definition) is 6. The molecule has 0 aliphatic carbocycles. The lowest BCUT2D eigenvalue weighted by atomic mass is 10.3. The van der Waals surface area contributed by atoms with Gasteiger partial charge in [-0.25, -0.2) is 12.7 Å². The second-order valence-electron chi connectivity index (χ2n) is 4.16. The number of sulfonamides is 1. The van der Waals surface area contributed by atoms with Gasteiger partial charge >= 0.3 is 6.18 Å². The Kier molecular flexibility index (Phi) is 5.21. The molecule has 0 aliphatic heterocycles. The fraction of sp³-hybridized carbons (Fsp3) is 0.667. The molecule has 1 heterocycles. The molecule has 116 valence electrons. The van der Waals surface area contributed by atoms with Crippen molar-refractivity contribution in [3.63, 3.8) is 0 Å². The molecule has 3 N–H and O–H groups in total. The smallest absolute Gasteiger partial charge is 0.382 e. The molecule has 0 radical (unpaired) electrons. The molecule has 20 heavy (non-hydrogen) atoms. The first-order valence-corrected chi connectivity index (χ1v) is 7.75. The normalized spacial score (nSPS) is 12.9. The molecule has 0 saturated heterocycles. The lowest BCUT2D eigenvalue weighted by Crippen LogP contribution is -2.23. The number of rotatable bonds is 6. The number of alkyl halides is 3. The van der Waals surface area contributed by atoms with Crippen LogP contribution in [0.5, 0.6) is 0 Å². The van der Waals surface area contributed by atoms with Gasteiger partial charge in [-0.1, -0.05) is 0 Å². The van der Waals surface area contributed by atoms with Crippen molar-refractivity contribution in [2.75, 3.05) is 31.7 Å². The van der Waals surface area contributed by atoms with E-state index in [1.54, 1.807) is 0 Å². The van der Waals surface area contributed by atoms with Crippen LogP contribution >= 0.6 is 11.5 Å². The summed E-state index contributed by atoms with van der Waals surface area (Å²) in [5.74, 6) is -0.165. The Morgan fingerprint density at radius 2 is 2.00 bits per heavy atom. The minimum absolute atomic E-state index is 0.0168. The maximum absolute atomic E-state index is 12.0. The van der Waals surface area contributed by atoms with Crippen LogP contribution in [0.15, 0.2) is 4.90 Å². The summed E-state index contributed by atoms with van der Waals surface area (Å²) >= 11 is 0.805. The van der Waals surface area contributed by atoms with E-state index in [0.29, 0.717) is 0 Å². The molecule has 0 aliphatic rings. The van der Waals surface area contributed by atoms with E-state index in [-0.39, 0.29) is 28.7 Å². The predicted octanol–water partition coefficient (Wildman–Crippen LogP) is 1.73. The third-order valence-corrected chi connectivity index (χ3v) is 5.17. The van der Waals surface area contributed by atoms with E-state index in [9.17, 15) is 21.6 Å². The molecule has 0 bridgehead atoms. The van der Waals surface area contributed by atoms with E-state index in [1.807, 2.05) is 0 Å². The second-order valence-corrected chi connectivity index (χ2v) is 7.02. The van der Waals surface area contributed by atoms with Crippen molar-refractivity contribution in [2.45, 2.75) is 23.9 Å². The molecule has 1 aromatic rings. The molecule has 6 nitrogen and oxygen atoms in total. The van der Waals surface area contributed by atoms with Crippen molar-refractivity contribution in [1.82, 2.24) is 8.68 Å². The Morgan fingerprint density at radius 3 is 2.50 bits per heavy atom. The summed E-state index contributed by atoms with van der Waals surface area (Å²) in [7, 11) is -1.12. The molecule has 0 saturated carbocycles. The summed E-state index contributed by atoms with van der Waals surface area (Å²) in [6, 6.07) is 0. The van der Waals surface area contributed by atoms with Crippen LogP contribution in [0.3, 0.4) is 0 Å². The minimum atomic E-state index is -4.23. The molecule has 1 rings (SSSR count). The Hall–Kier alpha value is -1.07. The van der Waals surface area contributed by atoms with Crippen molar-refractivity contribution in [3.05, 3.63) is 0 Å². The highest BCUT2D eigenvalue weighted by Crippen LogP contribution is 2.33. The first-order chi connectivity index (χ1) is 9.05. The van der Waals surface area contributed by atoms with Gasteiger partial charge in [0.1, 0.15) is 5.00 Å². The number of nitrogens with zero attached hydrogens (tertiary/aromatic N) is 2. The first-order valence-electron chi connectivity index (χ1n) is 5.54. The summed E-state index contributed by atoms with van der Waals surface area (Å²) < 4.78 is 64.7. The fourth-order valence-electron chi connectivity index (χ4n) is 1.33. The number of anilines is 2. The van der Waals surface area contributed by atoms with Crippen LogP contribution in [0.25, 0.3) is 0 Å². The van der Waals surface area contributed by atoms with Crippen LogP contribution in [0, 0.1) is 0 Å². The number of aromatic nitrogens is 1. The highest BCUT2D eigenvalue weighted by molar-refractivity contribution is 7.89. The number of nitrogen functional groups attached to an aromatic ring is 1. The molecule has 1 aromatic heterocycles. The van der Waals surface area contributed by atoms with E-state index in [2.05, 4.69) is 9.69 Å². The highest BCUT2D eigenvalue weighted by Gasteiger charge is 2.28. The van der Waals surface area contributed by atoms with Crippen molar-refractivity contribution in [3.8, 4) is 0 Å². The second kappa shape index (κ2) is 6.14. The van der Waals surface area contributed by atoms with Crippen LogP contribution in [-0.2, 0) is 10.0 Å². The molecule has 0 amide bonds. The van der Waals surface area contributed by atoms with Crippen LogP contribution in [0.2, 0.25) is 0 Å². The monoisotopic (exact) mass is 332 g/mol. The Balaban J connectivity index is 2.79. The molecule has 11 heteroatoms. The third-order valence-electron chi connectivity index (χ3n) is 2.34. The van der Waals surface area contributed by atoms with Gasteiger partial charge in [-0.3, -0.25) is 0 Å². The van der Waals surface area contributed by atoms with Crippen LogP contribution < -0.4 is 11.1 Å². The maximum atomic E-state index is 12.0. The van der Waals surface area contributed by atoms with Gasteiger partial charge in [0.05, 0.1) is 0 Å². The number of nitrogens with one attached hydrogen (secondary N) is 1. The van der Waals surface area contributed by atoms with Gasteiger partial charge in [0, 0.05) is 27.1 Å². The van der Waals surface area contributed by atoms with E-state index in [1.165, 1.54) is 14.1 Å². The van der Waals surface area contributed by atoms with Gasteiger partial charge in [0.2, 0.25) is 10.0 Å². The number of nitrogens with two attached hydrogens (primary N) is 1. The topological polar surface area (TPSA) is 88.3 Å².